The zero-order chi connectivity index (χ0) is 23.2. The third-order valence-electron chi connectivity index (χ3n) is 5.67. The van der Waals surface area contributed by atoms with Crippen LogP contribution in [0, 0.1) is 12.8 Å². The van der Waals surface area contributed by atoms with E-state index < -0.39 is 11.8 Å². The molecule has 0 unspecified atom stereocenters. The molecule has 2 rings (SSSR count). The highest BCUT2D eigenvalue weighted by Crippen LogP contribution is 2.36. The van der Waals surface area contributed by atoms with Gasteiger partial charge in [0.25, 0.3) is 0 Å². The Bertz CT molecular complexity index is 917. The van der Waals surface area contributed by atoms with Crippen molar-refractivity contribution in [1.29, 1.82) is 0 Å². The zero-order valence-corrected chi connectivity index (χ0v) is 18.7. The van der Waals surface area contributed by atoms with Crippen LogP contribution >= 0.6 is 0 Å². The Balaban J connectivity index is 2.27. The zero-order valence-electron chi connectivity index (χ0n) is 18.7. The second kappa shape index (κ2) is 10.4. The minimum Gasteiger partial charge on any atom is -0.349 e. The maximum Gasteiger partial charge on any atom is 0.248 e. The fraction of sp³-hybridized carbons (Fsp3) is 0.346. The summed E-state index contributed by atoms with van der Waals surface area (Å²) in [6, 6.07) is 6.06. The van der Waals surface area contributed by atoms with E-state index >= 15 is 0 Å². The van der Waals surface area contributed by atoms with Crippen LogP contribution < -0.4 is 5.32 Å². The van der Waals surface area contributed by atoms with E-state index in [9.17, 15) is 13.6 Å². The molecule has 1 amide bonds. The van der Waals surface area contributed by atoms with Gasteiger partial charge in [-0.05, 0) is 67.7 Å². The summed E-state index contributed by atoms with van der Waals surface area (Å²) >= 11 is 0. The number of nitrogens with zero attached hydrogens (tertiary/aromatic N) is 1. The molecule has 1 aliphatic carbocycles. The van der Waals surface area contributed by atoms with Crippen LogP contribution in [0.25, 0.3) is 11.8 Å². The molecule has 0 aromatic heterocycles. The molecule has 0 heterocycles. The molecule has 0 aliphatic heterocycles. The van der Waals surface area contributed by atoms with E-state index in [0.29, 0.717) is 5.70 Å². The number of benzene rings is 1. The third-order valence-corrected chi connectivity index (χ3v) is 5.67. The average molecular weight is 427 g/mol. The van der Waals surface area contributed by atoms with Gasteiger partial charge in [-0.2, -0.15) is 0 Å². The smallest absolute Gasteiger partial charge is 0.248 e. The van der Waals surface area contributed by atoms with Gasteiger partial charge in [0.2, 0.25) is 11.8 Å². The van der Waals surface area contributed by atoms with Crippen LogP contribution in [0.1, 0.15) is 49.3 Å². The number of hydrogen-bond donors (Lipinski definition) is 1. The van der Waals surface area contributed by atoms with Gasteiger partial charge in [-0.3, -0.25) is 4.79 Å². The van der Waals surface area contributed by atoms with E-state index in [1.807, 2.05) is 56.1 Å². The van der Waals surface area contributed by atoms with Gasteiger partial charge in [-0.25, -0.2) is 8.78 Å². The largest absolute Gasteiger partial charge is 0.349 e. The summed E-state index contributed by atoms with van der Waals surface area (Å²) in [5.74, 6) is -3.29. The molecule has 3 nitrogen and oxygen atoms in total. The predicted octanol–water partition coefficient (Wildman–Crippen LogP) is 6.46. The first-order valence-electron chi connectivity index (χ1n) is 10.4. The van der Waals surface area contributed by atoms with Crippen LogP contribution in [-0.2, 0) is 4.79 Å². The number of halogens is 2. The molecule has 31 heavy (non-hydrogen) atoms. The van der Waals surface area contributed by atoms with Crippen LogP contribution in [0.2, 0.25) is 0 Å². The summed E-state index contributed by atoms with van der Waals surface area (Å²) < 4.78 is 26.8. The minimum atomic E-state index is -2.65. The monoisotopic (exact) mass is 426 g/mol. The van der Waals surface area contributed by atoms with E-state index in [0.717, 1.165) is 28.1 Å². The van der Waals surface area contributed by atoms with Gasteiger partial charge in [0, 0.05) is 42.9 Å². The SMILES string of the molecule is C=C/C=C(/c1ccc(C)c(/C=C(\C=C)NC(=O)C2CCC(F)(F)CC2)c1)N(C)C(=C)C. The second-order valence-electron chi connectivity index (χ2n) is 8.08. The van der Waals surface area contributed by atoms with Gasteiger partial charge < -0.3 is 10.2 Å². The van der Waals surface area contributed by atoms with Crippen molar-refractivity contribution in [3.05, 3.63) is 84.2 Å². The van der Waals surface area contributed by atoms with Crippen LogP contribution in [0.3, 0.4) is 0 Å². The second-order valence-corrected chi connectivity index (χ2v) is 8.08. The normalized spacial score (nSPS) is 17.1. The molecule has 0 spiro atoms. The Morgan fingerprint density at radius 2 is 1.90 bits per heavy atom. The van der Waals surface area contributed by atoms with E-state index in [1.165, 1.54) is 0 Å². The Labute approximate surface area is 184 Å². The van der Waals surface area contributed by atoms with Crippen LogP contribution in [0.4, 0.5) is 8.78 Å². The molecule has 1 aromatic carbocycles. The fourth-order valence-electron chi connectivity index (χ4n) is 3.53. The molecule has 0 radical (unpaired) electrons. The number of nitrogens with one attached hydrogen (secondary N) is 1. The predicted molar refractivity (Wildman–Crippen MR) is 125 cm³/mol. The van der Waals surface area contributed by atoms with Crippen molar-refractivity contribution in [3.63, 3.8) is 0 Å². The van der Waals surface area contributed by atoms with Gasteiger partial charge in [0.1, 0.15) is 0 Å². The number of amides is 1. The Kier molecular flexibility index (Phi) is 8.14. The highest BCUT2D eigenvalue weighted by Gasteiger charge is 2.37. The molecular weight excluding hydrogens is 394 g/mol. The molecule has 0 saturated heterocycles. The number of carbonyl (C=O) groups is 1. The van der Waals surface area contributed by atoms with Gasteiger partial charge in [-0.1, -0.05) is 37.9 Å². The highest BCUT2D eigenvalue weighted by atomic mass is 19.3. The van der Waals surface area contributed by atoms with Crippen molar-refractivity contribution in [3.8, 4) is 0 Å². The molecule has 1 aromatic rings. The molecule has 1 N–H and O–H groups in total. The van der Waals surface area contributed by atoms with Crippen LogP contribution in [0.5, 0.6) is 0 Å². The Hall–Kier alpha value is -2.95. The summed E-state index contributed by atoms with van der Waals surface area (Å²) in [4.78, 5) is 14.6. The first kappa shape index (κ1) is 24.3. The first-order chi connectivity index (χ1) is 14.6. The number of rotatable bonds is 8. The lowest BCUT2D eigenvalue weighted by Gasteiger charge is -2.27. The molecule has 1 aliphatic rings. The first-order valence-corrected chi connectivity index (χ1v) is 10.4. The standard InChI is InChI=1S/C26H32F2N2O/c1-7-9-24(30(6)18(3)4)21-11-10-19(5)22(16-21)17-23(8-2)29-25(31)20-12-14-26(27,28)15-13-20/h7-11,16-17,20H,1-3,12-15H2,4-6H3,(H,29,31)/b23-17+,24-9-. The fourth-order valence-corrected chi connectivity index (χ4v) is 3.53. The Morgan fingerprint density at radius 3 is 2.45 bits per heavy atom. The summed E-state index contributed by atoms with van der Waals surface area (Å²) in [5, 5.41) is 2.86. The van der Waals surface area contributed by atoms with Gasteiger partial charge in [-0.15, -0.1) is 0 Å². The van der Waals surface area contributed by atoms with E-state index in [2.05, 4.69) is 25.1 Å². The molecular formula is C26H32F2N2O. The maximum absolute atomic E-state index is 13.4. The van der Waals surface area contributed by atoms with Crippen molar-refractivity contribution in [2.45, 2.75) is 45.5 Å². The van der Waals surface area contributed by atoms with Gasteiger partial charge >= 0.3 is 0 Å². The molecule has 1 saturated carbocycles. The van der Waals surface area contributed by atoms with Gasteiger partial charge in [0.05, 0.1) is 0 Å². The number of aryl methyl sites for hydroxylation is 1. The van der Waals surface area contributed by atoms with Crippen molar-refractivity contribution < 1.29 is 13.6 Å². The molecule has 5 heteroatoms. The average Bonchev–Trinajstić information content (AvgIpc) is 2.72. The summed E-state index contributed by atoms with van der Waals surface area (Å²) in [7, 11) is 1.94. The van der Waals surface area contributed by atoms with Crippen molar-refractivity contribution >= 4 is 17.7 Å². The summed E-state index contributed by atoms with van der Waals surface area (Å²) in [6.45, 7) is 15.5. The number of hydrogen-bond acceptors (Lipinski definition) is 2. The Morgan fingerprint density at radius 1 is 1.26 bits per heavy atom. The molecule has 0 bridgehead atoms. The van der Waals surface area contributed by atoms with Crippen molar-refractivity contribution in [2.75, 3.05) is 7.05 Å². The molecule has 1 fully saturated rings. The number of alkyl halides is 2. The lowest BCUT2D eigenvalue weighted by Crippen LogP contribution is -2.35. The molecule has 166 valence electrons. The maximum atomic E-state index is 13.4. The number of allylic oxidation sites excluding steroid dienone is 4. The lowest BCUT2D eigenvalue weighted by atomic mass is 9.86. The third kappa shape index (κ3) is 6.51. The van der Waals surface area contributed by atoms with E-state index in [1.54, 1.807) is 12.2 Å². The van der Waals surface area contributed by atoms with E-state index in [4.69, 9.17) is 0 Å². The minimum absolute atomic E-state index is 0.195. The quantitative estimate of drug-likeness (QED) is 0.484. The van der Waals surface area contributed by atoms with E-state index in [-0.39, 0.29) is 31.6 Å². The lowest BCUT2D eigenvalue weighted by molar-refractivity contribution is -0.128. The molecule has 0 atom stereocenters. The number of carbonyl (C=O) groups excluding carboxylic acids is 1. The topological polar surface area (TPSA) is 32.3 Å². The summed E-state index contributed by atoms with van der Waals surface area (Å²) in [5.41, 5.74) is 5.32. The van der Waals surface area contributed by atoms with Crippen LogP contribution in [0.15, 0.2) is 67.6 Å². The van der Waals surface area contributed by atoms with Crippen molar-refractivity contribution in [1.82, 2.24) is 10.2 Å². The van der Waals surface area contributed by atoms with Gasteiger partial charge in [0.15, 0.2) is 0 Å². The summed E-state index contributed by atoms with van der Waals surface area (Å²) in [6.07, 6.45) is 6.98. The highest BCUT2D eigenvalue weighted by molar-refractivity contribution is 5.82. The van der Waals surface area contributed by atoms with Crippen molar-refractivity contribution in [2.24, 2.45) is 5.92 Å². The van der Waals surface area contributed by atoms with Crippen LogP contribution in [-0.4, -0.2) is 23.8 Å².